The van der Waals surface area contributed by atoms with E-state index in [0.717, 1.165) is 11.1 Å². The summed E-state index contributed by atoms with van der Waals surface area (Å²) >= 11 is 0. The van der Waals surface area contributed by atoms with E-state index >= 15 is 0 Å². The summed E-state index contributed by atoms with van der Waals surface area (Å²) in [5, 5.41) is 0. The van der Waals surface area contributed by atoms with Crippen LogP contribution in [-0.4, -0.2) is 57.6 Å². The van der Waals surface area contributed by atoms with Crippen molar-refractivity contribution in [2.24, 2.45) is 0 Å². The van der Waals surface area contributed by atoms with Gasteiger partial charge < -0.3 is 14.4 Å². The highest BCUT2D eigenvalue weighted by Gasteiger charge is 2.28. The number of amides is 1. The van der Waals surface area contributed by atoms with Crippen LogP contribution in [0.15, 0.2) is 41.3 Å². The molecule has 8 nitrogen and oxygen atoms in total. The minimum absolute atomic E-state index is 0.0269. The Balaban J connectivity index is 1.86. The Morgan fingerprint density at radius 3 is 2.34 bits per heavy atom. The summed E-state index contributed by atoms with van der Waals surface area (Å²) in [6, 6.07) is 9.87. The number of nitrogens with zero attached hydrogens (tertiary/aromatic N) is 1. The van der Waals surface area contributed by atoms with Gasteiger partial charge in [0, 0.05) is 13.1 Å². The van der Waals surface area contributed by atoms with Crippen LogP contribution in [0.1, 0.15) is 54.7 Å². The summed E-state index contributed by atoms with van der Waals surface area (Å²) in [5.41, 5.74) is 2.26. The Bertz CT molecular complexity index is 1210. The molecule has 1 atom stereocenters. The number of benzene rings is 2. The molecular weight excluding hydrogens is 468 g/mol. The third-order valence-electron chi connectivity index (χ3n) is 6.12. The van der Waals surface area contributed by atoms with Crippen LogP contribution in [0.2, 0.25) is 0 Å². The Morgan fingerprint density at radius 1 is 1.09 bits per heavy atom. The summed E-state index contributed by atoms with van der Waals surface area (Å²) < 4.78 is 40.1. The minimum atomic E-state index is -4.01. The third-order valence-corrected chi connectivity index (χ3v) is 7.61. The first-order valence-electron chi connectivity index (χ1n) is 11.6. The molecule has 35 heavy (non-hydrogen) atoms. The molecule has 0 spiro atoms. The number of rotatable bonds is 6. The van der Waals surface area contributed by atoms with Crippen LogP contribution in [0.4, 0.5) is 5.69 Å². The molecule has 0 aliphatic carbocycles. The van der Waals surface area contributed by atoms with Gasteiger partial charge in [-0.15, -0.1) is 0 Å². The Hall–Kier alpha value is -2.91. The van der Waals surface area contributed by atoms with E-state index in [1.54, 1.807) is 30.0 Å². The predicted octanol–water partition coefficient (Wildman–Crippen LogP) is 3.81. The van der Waals surface area contributed by atoms with Crippen molar-refractivity contribution in [2.75, 3.05) is 31.0 Å². The van der Waals surface area contributed by atoms with Crippen molar-refractivity contribution in [1.29, 1.82) is 0 Å². The van der Waals surface area contributed by atoms with Gasteiger partial charge in [-0.05, 0) is 61.1 Å². The van der Waals surface area contributed by atoms with Gasteiger partial charge in [0.1, 0.15) is 0 Å². The fraction of sp³-hybridized carbons (Fsp3) is 0.462. The minimum Gasteiger partial charge on any atom is -0.449 e. The average Bonchev–Trinajstić information content (AvgIpc) is 2.79. The molecule has 1 fully saturated rings. The van der Waals surface area contributed by atoms with Gasteiger partial charge in [-0.25, -0.2) is 13.2 Å². The molecule has 0 saturated carbocycles. The zero-order valence-corrected chi connectivity index (χ0v) is 22.0. The van der Waals surface area contributed by atoms with Crippen LogP contribution in [0, 0.1) is 13.8 Å². The highest BCUT2D eigenvalue weighted by molar-refractivity contribution is 7.92. The molecule has 0 bridgehead atoms. The van der Waals surface area contributed by atoms with Gasteiger partial charge in [0.2, 0.25) is 0 Å². The van der Waals surface area contributed by atoms with E-state index in [-0.39, 0.29) is 27.5 Å². The van der Waals surface area contributed by atoms with Crippen molar-refractivity contribution in [2.45, 2.75) is 58.0 Å². The molecule has 1 saturated heterocycles. The summed E-state index contributed by atoms with van der Waals surface area (Å²) in [6.45, 7) is 12.9. The predicted molar refractivity (Wildman–Crippen MR) is 134 cm³/mol. The maximum absolute atomic E-state index is 13.4. The van der Waals surface area contributed by atoms with Crippen LogP contribution in [-0.2, 0) is 29.7 Å². The van der Waals surface area contributed by atoms with Crippen LogP contribution >= 0.6 is 0 Å². The topological polar surface area (TPSA) is 102 Å². The van der Waals surface area contributed by atoms with Crippen molar-refractivity contribution in [3.63, 3.8) is 0 Å². The Morgan fingerprint density at radius 2 is 1.71 bits per heavy atom. The first kappa shape index (κ1) is 26.7. The van der Waals surface area contributed by atoms with Gasteiger partial charge in [0.25, 0.3) is 15.9 Å². The number of nitrogens with one attached hydrogen (secondary N) is 1. The lowest BCUT2D eigenvalue weighted by molar-refractivity contribution is -0.143. The van der Waals surface area contributed by atoms with Crippen molar-refractivity contribution in [1.82, 2.24) is 4.90 Å². The number of morpholine rings is 1. The smallest absolute Gasteiger partial charge is 0.341 e. The molecule has 1 aliphatic heterocycles. The number of ether oxygens (including phenoxy) is 2. The number of carbonyl (C=O) groups is 2. The van der Waals surface area contributed by atoms with Gasteiger partial charge in [-0.3, -0.25) is 9.52 Å². The SMILES string of the molecule is Cc1cc(C(C)(C)C)cc(S(=O)(=O)Nc2ccccc2C(=O)OC(C)C(=O)N2CCOCC2)c1C. The number of hydrogen-bond donors (Lipinski definition) is 1. The Kier molecular flexibility index (Phi) is 7.91. The molecule has 2 aromatic carbocycles. The van der Waals surface area contributed by atoms with E-state index in [2.05, 4.69) is 4.72 Å². The molecule has 9 heteroatoms. The van der Waals surface area contributed by atoms with E-state index in [0.29, 0.717) is 31.9 Å². The number of para-hydroxylation sites is 1. The zero-order chi connectivity index (χ0) is 26.0. The molecule has 1 amide bonds. The van der Waals surface area contributed by atoms with E-state index in [1.807, 2.05) is 33.8 Å². The molecule has 190 valence electrons. The first-order chi connectivity index (χ1) is 16.3. The average molecular weight is 503 g/mol. The van der Waals surface area contributed by atoms with Crippen molar-refractivity contribution < 1.29 is 27.5 Å². The molecule has 1 unspecified atom stereocenters. The summed E-state index contributed by atoms with van der Waals surface area (Å²) in [5.74, 6) is -1.10. The lowest BCUT2D eigenvalue weighted by atomic mass is 9.85. The van der Waals surface area contributed by atoms with Crippen LogP contribution in [0.25, 0.3) is 0 Å². The monoisotopic (exact) mass is 502 g/mol. The van der Waals surface area contributed by atoms with E-state index in [4.69, 9.17) is 9.47 Å². The number of sulfonamides is 1. The lowest BCUT2D eigenvalue weighted by Crippen LogP contribution is -2.46. The van der Waals surface area contributed by atoms with Gasteiger partial charge in [0.05, 0.1) is 29.4 Å². The van der Waals surface area contributed by atoms with Gasteiger partial charge >= 0.3 is 5.97 Å². The lowest BCUT2D eigenvalue weighted by Gasteiger charge is -2.29. The van der Waals surface area contributed by atoms with E-state index < -0.39 is 22.1 Å². The molecule has 3 rings (SSSR count). The maximum Gasteiger partial charge on any atom is 0.341 e. The van der Waals surface area contributed by atoms with E-state index in [1.165, 1.54) is 19.1 Å². The number of hydrogen-bond acceptors (Lipinski definition) is 6. The second-order valence-corrected chi connectivity index (χ2v) is 11.5. The molecular formula is C26H34N2O6S. The Labute approximate surface area is 207 Å². The van der Waals surface area contributed by atoms with Crippen molar-refractivity contribution >= 4 is 27.6 Å². The van der Waals surface area contributed by atoms with Crippen LogP contribution in [0.5, 0.6) is 0 Å². The fourth-order valence-electron chi connectivity index (χ4n) is 3.80. The van der Waals surface area contributed by atoms with Crippen LogP contribution in [0.3, 0.4) is 0 Å². The molecule has 0 radical (unpaired) electrons. The largest absolute Gasteiger partial charge is 0.449 e. The van der Waals surface area contributed by atoms with Gasteiger partial charge in [0.15, 0.2) is 6.10 Å². The summed E-state index contributed by atoms with van der Waals surface area (Å²) in [7, 11) is -4.01. The fourth-order valence-corrected chi connectivity index (χ4v) is 5.23. The number of aryl methyl sites for hydroxylation is 1. The van der Waals surface area contributed by atoms with Gasteiger partial charge in [-0.2, -0.15) is 0 Å². The summed E-state index contributed by atoms with van der Waals surface area (Å²) in [4.78, 5) is 27.3. The highest BCUT2D eigenvalue weighted by atomic mass is 32.2. The molecule has 0 aromatic heterocycles. The standard InChI is InChI=1S/C26H34N2O6S/c1-17-15-20(26(4,5)6)16-23(18(17)2)35(31,32)27-22-10-8-7-9-21(22)25(30)34-19(3)24(29)28-11-13-33-14-12-28/h7-10,15-16,19,27H,11-14H2,1-6H3. The number of esters is 1. The molecule has 2 aromatic rings. The van der Waals surface area contributed by atoms with Crippen molar-refractivity contribution in [3.05, 3.63) is 58.7 Å². The second kappa shape index (κ2) is 10.4. The quantitative estimate of drug-likeness (QED) is 0.603. The normalized spacial score (nSPS) is 15.4. The van der Waals surface area contributed by atoms with Crippen LogP contribution < -0.4 is 4.72 Å². The molecule has 1 aliphatic rings. The highest BCUT2D eigenvalue weighted by Crippen LogP contribution is 2.30. The van der Waals surface area contributed by atoms with E-state index in [9.17, 15) is 18.0 Å². The third kappa shape index (κ3) is 6.21. The summed E-state index contributed by atoms with van der Waals surface area (Å²) in [6.07, 6.45) is -1.02. The first-order valence-corrected chi connectivity index (χ1v) is 13.1. The number of carbonyl (C=O) groups excluding carboxylic acids is 2. The molecule has 1 heterocycles. The van der Waals surface area contributed by atoms with Crippen molar-refractivity contribution in [3.8, 4) is 0 Å². The molecule has 1 N–H and O–H groups in total. The van der Waals surface area contributed by atoms with Gasteiger partial charge in [-0.1, -0.05) is 39.0 Å². The zero-order valence-electron chi connectivity index (χ0n) is 21.2. The maximum atomic E-state index is 13.4. The number of anilines is 1. The second-order valence-electron chi connectivity index (χ2n) is 9.80.